The van der Waals surface area contributed by atoms with Crippen molar-refractivity contribution in [3.63, 3.8) is 0 Å². The summed E-state index contributed by atoms with van der Waals surface area (Å²) in [6, 6.07) is 8.07. The van der Waals surface area contributed by atoms with Crippen LogP contribution in [0.5, 0.6) is 0 Å². The predicted octanol–water partition coefficient (Wildman–Crippen LogP) is 3.76. The van der Waals surface area contributed by atoms with Crippen molar-refractivity contribution in [2.75, 3.05) is 5.01 Å². The molecule has 2 atom stereocenters. The highest BCUT2D eigenvalue weighted by Crippen LogP contribution is 2.42. The number of rotatable bonds is 1. The minimum atomic E-state index is -0.951. The molecule has 1 aliphatic carbocycles. The summed E-state index contributed by atoms with van der Waals surface area (Å²) in [5.74, 6) is 0.145. The van der Waals surface area contributed by atoms with Gasteiger partial charge in [-0.2, -0.15) is 5.10 Å². The lowest BCUT2D eigenvalue weighted by Gasteiger charge is -2.32. The summed E-state index contributed by atoms with van der Waals surface area (Å²) in [5, 5.41) is 18.3. The first kappa shape index (κ1) is 13.2. The first-order chi connectivity index (χ1) is 10.2. The van der Waals surface area contributed by atoms with Gasteiger partial charge in [-0.05, 0) is 38.3 Å². The molecular formula is C16H19N3OS. The summed E-state index contributed by atoms with van der Waals surface area (Å²) in [6.45, 7) is 1.88. The van der Waals surface area contributed by atoms with Crippen LogP contribution in [0.2, 0.25) is 0 Å². The van der Waals surface area contributed by atoms with Crippen molar-refractivity contribution in [3.05, 3.63) is 24.3 Å². The maximum atomic E-state index is 11.0. The van der Waals surface area contributed by atoms with E-state index < -0.39 is 5.72 Å². The average Bonchev–Trinajstić information content (AvgIpc) is 2.87. The zero-order valence-electron chi connectivity index (χ0n) is 12.1. The zero-order valence-corrected chi connectivity index (χ0v) is 12.9. The molecule has 0 radical (unpaired) electrons. The van der Waals surface area contributed by atoms with Gasteiger partial charge < -0.3 is 5.11 Å². The van der Waals surface area contributed by atoms with Crippen molar-refractivity contribution >= 4 is 32.4 Å². The number of aromatic nitrogens is 1. The van der Waals surface area contributed by atoms with Crippen molar-refractivity contribution < 1.29 is 5.11 Å². The molecular weight excluding hydrogens is 282 g/mol. The van der Waals surface area contributed by atoms with E-state index in [9.17, 15) is 5.11 Å². The molecule has 5 heteroatoms. The minimum Gasteiger partial charge on any atom is -0.369 e. The fraction of sp³-hybridized carbons (Fsp3) is 0.500. The van der Waals surface area contributed by atoms with Crippen LogP contribution in [0, 0.1) is 5.92 Å². The lowest BCUT2D eigenvalue weighted by molar-refractivity contribution is 0.0295. The van der Waals surface area contributed by atoms with Crippen molar-refractivity contribution in [1.82, 2.24) is 4.98 Å². The van der Waals surface area contributed by atoms with Gasteiger partial charge in [0.1, 0.15) is 0 Å². The van der Waals surface area contributed by atoms with E-state index in [1.165, 1.54) is 19.3 Å². The lowest BCUT2D eigenvalue weighted by Crippen LogP contribution is -2.46. The molecule has 21 heavy (non-hydrogen) atoms. The number of nitrogens with zero attached hydrogens (tertiary/aromatic N) is 3. The molecule has 0 amide bonds. The number of hydrazone groups is 1. The van der Waals surface area contributed by atoms with E-state index in [1.54, 1.807) is 16.3 Å². The van der Waals surface area contributed by atoms with Crippen LogP contribution in [0.15, 0.2) is 29.4 Å². The number of benzene rings is 1. The topological polar surface area (TPSA) is 48.7 Å². The van der Waals surface area contributed by atoms with Crippen LogP contribution < -0.4 is 5.01 Å². The summed E-state index contributed by atoms with van der Waals surface area (Å²) < 4.78 is 1.13. The van der Waals surface area contributed by atoms with Crippen molar-refractivity contribution in [1.29, 1.82) is 0 Å². The maximum absolute atomic E-state index is 11.0. The molecule has 1 aromatic carbocycles. The summed E-state index contributed by atoms with van der Waals surface area (Å²) in [4.78, 5) is 4.65. The monoisotopic (exact) mass is 301 g/mol. The fourth-order valence-corrected chi connectivity index (χ4v) is 4.46. The van der Waals surface area contributed by atoms with Gasteiger partial charge in [-0.25, -0.2) is 9.99 Å². The third-order valence-electron chi connectivity index (χ3n) is 4.61. The normalized spacial score (nSPS) is 29.3. The SMILES string of the molecule is C[C@]1(O)[C@H]2CCCCCC2=NN1c1nc2ccccc2s1. The van der Waals surface area contributed by atoms with E-state index in [4.69, 9.17) is 5.10 Å². The fourth-order valence-electron chi connectivity index (χ4n) is 3.45. The van der Waals surface area contributed by atoms with Crippen LogP contribution in [0.4, 0.5) is 5.13 Å². The summed E-state index contributed by atoms with van der Waals surface area (Å²) in [5.41, 5.74) is 1.17. The van der Waals surface area contributed by atoms with Crippen LogP contribution in [0.1, 0.15) is 39.0 Å². The van der Waals surface area contributed by atoms with E-state index in [-0.39, 0.29) is 5.92 Å². The molecule has 2 aromatic rings. The first-order valence-electron chi connectivity index (χ1n) is 7.62. The third-order valence-corrected chi connectivity index (χ3v) is 5.62. The van der Waals surface area contributed by atoms with E-state index in [1.807, 2.05) is 25.1 Å². The Kier molecular flexibility index (Phi) is 3.01. The highest BCUT2D eigenvalue weighted by atomic mass is 32.1. The van der Waals surface area contributed by atoms with E-state index in [0.29, 0.717) is 0 Å². The molecule has 1 aliphatic heterocycles. The summed E-state index contributed by atoms with van der Waals surface area (Å²) in [7, 11) is 0. The Hall–Kier alpha value is -1.46. The number of para-hydroxylation sites is 1. The number of fused-ring (bicyclic) bond motifs is 2. The lowest BCUT2D eigenvalue weighted by atomic mass is 9.89. The third kappa shape index (κ3) is 2.07. The largest absolute Gasteiger partial charge is 0.369 e. The number of aliphatic hydroxyl groups is 1. The molecule has 0 spiro atoms. The Morgan fingerprint density at radius 3 is 3.00 bits per heavy atom. The van der Waals surface area contributed by atoms with Crippen LogP contribution in [0.25, 0.3) is 10.2 Å². The van der Waals surface area contributed by atoms with Crippen LogP contribution in [-0.2, 0) is 0 Å². The first-order valence-corrected chi connectivity index (χ1v) is 8.43. The molecule has 1 fully saturated rings. The Labute approximate surface area is 128 Å². The molecule has 1 aromatic heterocycles. The Balaban J connectivity index is 1.77. The predicted molar refractivity (Wildman–Crippen MR) is 86.7 cm³/mol. The number of thiazole rings is 1. The number of hydrogen-bond donors (Lipinski definition) is 1. The van der Waals surface area contributed by atoms with Gasteiger partial charge in [-0.3, -0.25) is 0 Å². The minimum absolute atomic E-state index is 0.145. The Morgan fingerprint density at radius 1 is 1.29 bits per heavy atom. The molecule has 0 saturated heterocycles. The molecule has 1 saturated carbocycles. The smallest absolute Gasteiger partial charge is 0.209 e. The molecule has 2 heterocycles. The van der Waals surface area contributed by atoms with E-state index in [2.05, 4.69) is 11.1 Å². The molecule has 4 rings (SSSR count). The average molecular weight is 301 g/mol. The molecule has 0 bridgehead atoms. The maximum Gasteiger partial charge on any atom is 0.209 e. The van der Waals surface area contributed by atoms with Crippen molar-refractivity contribution in [3.8, 4) is 0 Å². The molecule has 4 nitrogen and oxygen atoms in total. The Bertz CT molecular complexity index is 673. The Morgan fingerprint density at radius 2 is 2.14 bits per heavy atom. The van der Waals surface area contributed by atoms with Crippen LogP contribution >= 0.6 is 11.3 Å². The van der Waals surface area contributed by atoms with E-state index in [0.717, 1.165) is 33.9 Å². The van der Waals surface area contributed by atoms with Gasteiger partial charge in [0.05, 0.1) is 10.2 Å². The van der Waals surface area contributed by atoms with Gasteiger partial charge in [0.15, 0.2) is 5.72 Å². The number of anilines is 1. The number of hydrogen-bond acceptors (Lipinski definition) is 5. The van der Waals surface area contributed by atoms with Gasteiger partial charge in [-0.15, -0.1) is 0 Å². The molecule has 0 unspecified atom stereocenters. The standard InChI is InChI=1S/C16H19N3OS/c1-16(20)11-7-3-2-4-8-12(11)18-19(16)15-17-13-9-5-6-10-14(13)21-15/h5-6,9-11,20H,2-4,7-8H2,1H3/t11-,16-/m0/s1. The molecule has 110 valence electrons. The zero-order chi connectivity index (χ0) is 14.4. The molecule has 2 aliphatic rings. The van der Waals surface area contributed by atoms with Gasteiger partial charge >= 0.3 is 0 Å². The summed E-state index contributed by atoms with van der Waals surface area (Å²) >= 11 is 1.60. The van der Waals surface area contributed by atoms with Crippen LogP contribution in [-0.4, -0.2) is 21.5 Å². The summed E-state index contributed by atoms with van der Waals surface area (Å²) in [6.07, 6.45) is 5.62. The van der Waals surface area contributed by atoms with E-state index >= 15 is 0 Å². The highest BCUT2D eigenvalue weighted by Gasteiger charge is 2.47. The van der Waals surface area contributed by atoms with Crippen LogP contribution in [0.3, 0.4) is 0 Å². The second-order valence-corrected chi connectivity index (χ2v) is 7.12. The second kappa shape index (κ2) is 4.78. The van der Waals surface area contributed by atoms with Gasteiger partial charge in [0.25, 0.3) is 0 Å². The van der Waals surface area contributed by atoms with Gasteiger partial charge in [-0.1, -0.05) is 36.3 Å². The van der Waals surface area contributed by atoms with Gasteiger partial charge in [0, 0.05) is 11.6 Å². The van der Waals surface area contributed by atoms with Crippen molar-refractivity contribution in [2.45, 2.75) is 44.8 Å². The second-order valence-electron chi connectivity index (χ2n) is 6.11. The quantitative estimate of drug-likeness (QED) is 0.872. The highest BCUT2D eigenvalue weighted by molar-refractivity contribution is 7.22. The van der Waals surface area contributed by atoms with Crippen molar-refractivity contribution in [2.24, 2.45) is 11.0 Å². The van der Waals surface area contributed by atoms with Gasteiger partial charge in [0.2, 0.25) is 5.13 Å². The molecule has 1 N–H and O–H groups in total.